The number of nitrogens with zero attached hydrogens (tertiary/aromatic N) is 6. The van der Waals surface area contributed by atoms with Gasteiger partial charge in [0, 0.05) is 88.5 Å². The molecule has 4 aliphatic rings. The molecule has 0 radical (unpaired) electrons. The van der Waals surface area contributed by atoms with Gasteiger partial charge >= 0.3 is 11.9 Å². The van der Waals surface area contributed by atoms with E-state index in [-0.39, 0.29) is 29.9 Å². The number of amides is 1. The Hall–Kier alpha value is -4.56. The number of hydrogen-bond donors (Lipinski definition) is 3. The van der Waals surface area contributed by atoms with Crippen molar-refractivity contribution in [1.82, 2.24) is 28.9 Å². The van der Waals surface area contributed by atoms with Crippen molar-refractivity contribution in [1.29, 1.82) is 0 Å². The van der Waals surface area contributed by atoms with Crippen LogP contribution in [0.15, 0.2) is 36.4 Å². The minimum Gasteiger partial charge on any atom is -0.481 e. The first-order valence-electron chi connectivity index (χ1n) is 20.7. The van der Waals surface area contributed by atoms with Crippen LogP contribution in [0.3, 0.4) is 0 Å². The van der Waals surface area contributed by atoms with Gasteiger partial charge in [-0.15, -0.1) is 0 Å². The van der Waals surface area contributed by atoms with Gasteiger partial charge in [-0.05, 0) is 81.5 Å². The number of halogens is 2. The standard InChI is InChI=1S/C44H51Cl2N7O6/c1-50-33-12-20-52(19-4-3-11-36(55)56)24-31(33)47-39(50)35(54)23-27-7-5-8-28(37(27)45)29-9-6-10-30(38(29)46)49-41(57)40-48-32-25-53(21-13-34(32)51(40)2)22-18-43-14-16-44(26-43,17-15-43)42(58)59/h5-10H,3-4,11-26H2,1-2H3,(H,49,57)(H,55,56)(H,58,59). The molecular weight excluding hydrogens is 793 g/mol. The molecule has 1 amide bonds. The van der Waals surface area contributed by atoms with Gasteiger partial charge in [0.15, 0.2) is 11.6 Å². The lowest BCUT2D eigenvalue weighted by Gasteiger charge is -2.32. The first-order valence-corrected chi connectivity index (χ1v) is 21.4. The summed E-state index contributed by atoms with van der Waals surface area (Å²) in [5.74, 6) is -1.27. The number of aromatic nitrogens is 4. The first-order chi connectivity index (χ1) is 28.3. The van der Waals surface area contributed by atoms with Crippen molar-refractivity contribution in [2.24, 2.45) is 24.9 Å². The predicted molar refractivity (Wildman–Crippen MR) is 224 cm³/mol. The number of carbonyl (C=O) groups excluding carboxylic acids is 2. The van der Waals surface area contributed by atoms with Crippen molar-refractivity contribution in [3.8, 4) is 11.1 Å². The van der Waals surface area contributed by atoms with Crippen LogP contribution in [-0.2, 0) is 56.0 Å². The van der Waals surface area contributed by atoms with Crippen molar-refractivity contribution >= 4 is 52.5 Å². The largest absolute Gasteiger partial charge is 0.481 e. The number of anilines is 1. The maximum absolute atomic E-state index is 13.8. The second kappa shape index (κ2) is 16.5. The van der Waals surface area contributed by atoms with Gasteiger partial charge in [-0.25, -0.2) is 9.97 Å². The average Bonchev–Trinajstić information content (AvgIpc) is 3.97. The Bertz CT molecular complexity index is 2330. The Morgan fingerprint density at radius 2 is 1.39 bits per heavy atom. The Balaban J connectivity index is 0.915. The van der Waals surface area contributed by atoms with Crippen LogP contribution in [-0.4, -0.2) is 88.9 Å². The molecule has 2 aliphatic heterocycles. The molecule has 3 N–H and O–H groups in total. The molecule has 13 nitrogen and oxygen atoms in total. The van der Waals surface area contributed by atoms with E-state index in [0.717, 1.165) is 107 Å². The fraction of sp³-hybridized carbons (Fsp3) is 0.500. The molecule has 0 unspecified atom stereocenters. The van der Waals surface area contributed by atoms with E-state index in [4.69, 9.17) is 38.3 Å². The van der Waals surface area contributed by atoms with Gasteiger partial charge in [0.1, 0.15) is 0 Å². The number of rotatable bonds is 15. The molecule has 2 saturated carbocycles. The molecule has 2 aromatic heterocycles. The van der Waals surface area contributed by atoms with Crippen LogP contribution in [0.4, 0.5) is 5.69 Å². The Morgan fingerprint density at radius 1 is 0.780 bits per heavy atom. The Labute approximate surface area is 353 Å². The lowest BCUT2D eigenvalue weighted by molar-refractivity contribution is -0.148. The summed E-state index contributed by atoms with van der Waals surface area (Å²) in [6, 6.07) is 10.9. The number of carbonyl (C=O) groups is 4. The number of imidazole rings is 2. The Kier molecular flexibility index (Phi) is 11.5. The van der Waals surface area contributed by atoms with Gasteiger partial charge in [-0.3, -0.25) is 29.0 Å². The number of carboxylic acid groups (broad SMARTS) is 2. The van der Waals surface area contributed by atoms with Gasteiger partial charge in [-0.1, -0.05) is 53.5 Å². The quantitative estimate of drug-likeness (QED) is 0.0824. The Morgan fingerprint density at radius 3 is 2.03 bits per heavy atom. The van der Waals surface area contributed by atoms with Crippen LogP contribution >= 0.6 is 23.2 Å². The zero-order chi connectivity index (χ0) is 41.6. The number of Topliss-reactive ketones (excluding diaryl/α,β-unsaturated/α-hetero) is 1. The highest BCUT2D eigenvalue weighted by Gasteiger charge is 2.57. The summed E-state index contributed by atoms with van der Waals surface area (Å²) in [5.41, 5.74) is 5.72. The van der Waals surface area contributed by atoms with E-state index in [1.165, 1.54) is 0 Å². The van der Waals surface area contributed by atoms with E-state index in [1.807, 2.05) is 47.5 Å². The second-order valence-corrected chi connectivity index (χ2v) is 17.9. The van der Waals surface area contributed by atoms with Gasteiger partial charge < -0.3 is 24.7 Å². The smallest absolute Gasteiger partial charge is 0.309 e. The van der Waals surface area contributed by atoms with Crippen molar-refractivity contribution < 1.29 is 29.4 Å². The van der Waals surface area contributed by atoms with Crippen LogP contribution in [0.2, 0.25) is 10.0 Å². The molecule has 2 fully saturated rings. The van der Waals surface area contributed by atoms with Crippen LogP contribution in [0.5, 0.6) is 0 Å². The summed E-state index contributed by atoms with van der Waals surface area (Å²) in [6.45, 7) is 4.61. The van der Waals surface area contributed by atoms with Gasteiger partial charge in [0.05, 0.1) is 32.5 Å². The van der Waals surface area contributed by atoms with Gasteiger partial charge in [0.2, 0.25) is 5.78 Å². The SMILES string of the molecule is Cn1c(C(=O)Cc2cccc(-c3cccc(NC(=O)c4nc5c(n4C)CCN(CCC46CCC(C(=O)O)(CC4)C6)C5)c3Cl)c2Cl)nc2c1CCN(CCCCC(=O)O)C2. The third kappa shape index (κ3) is 8.06. The summed E-state index contributed by atoms with van der Waals surface area (Å²) in [4.78, 5) is 64.5. The molecule has 59 heavy (non-hydrogen) atoms. The second-order valence-electron chi connectivity index (χ2n) is 17.2. The average molecular weight is 845 g/mol. The maximum Gasteiger partial charge on any atom is 0.309 e. The molecule has 8 rings (SSSR count). The van der Waals surface area contributed by atoms with E-state index in [9.17, 15) is 24.3 Å². The fourth-order valence-electron chi connectivity index (χ4n) is 10.2. The summed E-state index contributed by atoms with van der Waals surface area (Å²) < 4.78 is 3.75. The molecule has 4 heterocycles. The lowest BCUT2D eigenvalue weighted by Crippen LogP contribution is -2.34. The highest BCUT2D eigenvalue weighted by Crippen LogP contribution is 2.63. The van der Waals surface area contributed by atoms with Crippen molar-refractivity contribution in [3.05, 3.63) is 86.4 Å². The van der Waals surface area contributed by atoms with Crippen molar-refractivity contribution in [3.63, 3.8) is 0 Å². The minimum atomic E-state index is -0.782. The molecule has 4 aromatic rings. The highest BCUT2D eigenvalue weighted by atomic mass is 35.5. The molecule has 0 spiro atoms. The third-order valence-electron chi connectivity index (χ3n) is 13.6. The monoisotopic (exact) mass is 843 g/mol. The summed E-state index contributed by atoms with van der Waals surface area (Å²) in [7, 11) is 3.74. The number of fused-ring (bicyclic) bond motifs is 4. The lowest BCUT2D eigenvalue weighted by atomic mass is 9.80. The van der Waals surface area contributed by atoms with Gasteiger partial charge in [-0.2, -0.15) is 0 Å². The summed E-state index contributed by atoms with van der Waals surface area (Å²) in [5, 5.41) is 22.4. The fourth-order valence-corrected chi connectivity index (χ4v) is 10.7. The molecule has 0 atom stereocenters. The first kappa shape index (κ1) is 41.2. The van der Waals surface area contributed by atoms with E-state index >= 15 is 0 Å². The molecule has 2 aromatic carbocycles. The van der Waals surface area contributed by atoms with Gasteiger partial charge in [0.25, 0.3) is 5.91 Å². The molecule has 312 valence electrons. The van der Waals surface area contributed by atoms with Crippen LogP contribution < -0.4 is 5.32 Å². The molecule has 2 bridgehead atoms. The molecular formula is C44H51Cl2N7O6. The van der Waals surface area contributed by atoms with E-state index in [0.29, 0.717) is 63.6 Å². The summed E-state index contributed by atoms with van der Waals surface area (Å²) >= 11 is 14.0. The van der Waals surface area contributed by atoms with E-state index < -0.39 is 17.4 Å². The normalized spacial score (nSPS) is 21.4. The zero-order valence-corrected chi connectivity index (χ0v) is 35.2. The van der Waals surface area contributed by atoms with E-state index in [1.54, 1.807) is 12.1 Å². The van der Waals surface area contributed by atoms with Crippen LogP contribution in [0.25, 0.3) is 11.1 Å². The number of carboxylic acids is 2. The molecule has 15 heteroatoms. The third-order valence-corrected chi connectivity index (χ3v) is 14.5. The molecule has 0 saturated heterocycles. The van der Waals surface area contributed by atoms with Crippen LogP contribution in [0, 0.1) is 10.8 Å². The highest BCUT2D eigenvalue weighted by molar-refractivity contribution is 6.39. The van der Waals surface area contributed by atoms with E-state index in [2.05, 4.69) is 15.1 Å². The number of ketones is 1. The predicted octanol–water partition coefficient (Wildman–Crippen LogP) is 7.20. The minimum absolute atomic E-state index is 0.0386. The number of unbranched alkanes of at least 4 members (excludes halogenated alkanes) is 1. The summed E-state index contributed by atoms with van der Waals surface area (Å²) in [6.07, 6.45) is 8.48. The number of nitrogens with one attached hydrogen (secondary N) is 1. The van der Waals surface area contributed by atoms with Crippen LogP contribution in [0.1, 0.15) is 107 Å². The zero-order valence-electron chi connectivity index (χ0n) is 33.7. The molecule has 2 aliphatic carbocycles. The van der Waals surface area contributed by atoms with Crippen molar-refractivity contribution in [2.45, 2.75) is 90.1 Å². The van der Waals surface area contributed by atoms with Crippen molar-refractivity contribution in [2.75, 3.05) is 31.5 Å². The topological polar surface area (TPSA) is 163 Å². The maximum atomic E-state index is 13.8. The number of hydrogen-bond acceptors (Lipinski definition) is 8. The number of benzene rings is 2. The number of aliphatic carboxylic acids is 2.